The Kier molecular flexibility index (Phi) is 10.8. The van der Waals surface area contributed by atoms with Crippen LogP contribution in [0.1, 0.15) is 59.1 Å². The zero-order chi connectivity index (χ0) is 33.6. The van der Waals surface area contributed by atoms with E-state index in [0.717, 1.165) is 59.1 Å². The number of carbonyl (C=O) groups is 2. The molecular weight excluding hydrogens is 607 g/mol. The molecule has 246 valence electrons. The Labute approximate surface area is 279 Å². The number of anilines is 1. The van der Waals surface area contributed by atoms with Gasteiger partial charge in [-0.15, -0.1) is 0 Å². The molecule has 1 aliphatic carbocycles. The van der Waals surface area contributed by atoms with Gasteiger partial charge >= 0.3 is 0 Å². The summed E-state index contributed by atoms with van der Waals surface area (Å²) in [5.74, 6) is -0.673. The van der Waals surface area contributed by atoms with Crippen molar-refractivity contribution in [3.05, 3.63) is 130 Å². The molecule has 1 atom stereocenters. The first-order valence-corrected chi connectivity index (χ1v) is 17.8. The van der Waals surface area contributed by atoms with Crippen LogP contribution in [0.25, 0.3) is 0 Å². The highest BCUT2D eigenvalue weighted by Crippen LogP contribution is 2.28. The molecule has 0 heterocycles. The highest BCUT2D eigenvalue weighted by atomic mass is 32.2. The van der Waals surface area contributed by atoms with Crippen LogP contribution in [-0.2, 0) is 32.6 Å². The van der Waals surface area contributed by atoms with Crippen LogP contribution in [0.2, 0.25) is 0 Å². The van der Waals surface area contributed by atoms with Crippen LogP contribution in [0.5, 0.6) is 0 Å². The van der Waals surface area contributed by atoms with E-state index in [2.05, 4.69) is 5.32 Å². The summed E-state index contributed by atoms with van der Waals surface area (Å²) in [6, 6.07) is 28.9. The highest BCUT2D eigenvalue weighted by Gasteiger charge is 2.35. The Morgan fingerprint density at radius 2 is 1.40 bits per heavy atom. The maximum absolute atomic E-state index is 14.8. The van der Waals surface area contributed by atoms with Crippen LogP contribution in [0.4, 0.5) is 5.69 Å². The molecule has 2 amide bonds. The first-order valence-electron chi connectivity index (χ1n) is 16.4. The molecule has 1 N–H and O–H groups in total. The number of benzene rings is 4. The largest absolute Gasteiger partial charge is 0.352 e. The second-order valence-electron chi connectivity index (χ2n) is 12.8. The molecule has 5 rings (SSSR count). The minimum absolute atomic E-state index is 0.0601. The molecular formula is C39H45N3O4S. The number of nitrogens with one attached hydrogen (secondary N) is 1. The van der Waals surface area contributed by atoms with Crippen LogP contribution < -0.4 is 9.62 Å². The second kappa shape index (κ2) is 15.0. The fourth-order valence-corrected chi connectivity index (χ4v) is 7.75. The zero-order valence-electron chi connectivity index (χ0n) is 27.8. The lowest BCUT2D eigenvalue weighted by molar-refractivity contribution is -0.140. The van der Waals surface area contributed by atoms with Crippen molar-refractivity contribution < 1.29 is 18.0 Å². The monoisotopic (exact) mass is 651 g/mol. The summed E-state index contributed by atoms with van der Waals surface area (Å²) < 4.78 is 29.9. The van der Waals surface area contributed by atoms with Crippen LogP contribution in [-0.4, -0.2) is 43.8 Å². The first-order chi connectivity index (χ1) is 22.5. The van der Waals surface area contributed by atoms with Crippen LogP contribution in [0, 0.1) is 27.7 Å². The summed E-state index contributed by atoms with van der Waals surface area (Å²) >= 11 is 0. The summed E-state index contributed by atoms with van der Waals surface area (Å²) in [5, 5.41) is 3.23. The maximum atomic E-state index is 14.8. The molecule has 0 aliphatic heterocycles. The van der Waals surface area contributed by atoms with Gasteiger partial charge in [-0.3, -0.25) is 13.9 Å². The van der Waals surface area contributed by atoms with Gasteiger partial charge in [0.25, 0.3) is 10.0 Å². The van der Waals surface area contributed by atoms with Gasteiger partial charge in [0.05, 0.1) is 10.6 Å². The average molecular weight is 652 g/mol. The molecule has 0 spiro atoms. The summed E-state index contributed by atoms with van der Waals surface area (Å²) in [4.78, 5) is 30.6. The second-order valence-corrected chi connectivity index (χ2v) is 14.7. The van der Waals surface area contributed by atoms with E-state index in [4.69, 9.17) is 0 Å². The van der Waals surface area contributed by atoms with Gasteiger partial charge in [-0.1, -0.05) is 91.2 Å². The Morgan fingerprint density at radius 1 is 0.787 bits per heavy atom. The third kappa shape index (κ3) is 8.49. The Hall–Kier alpha value is -4.43. The van der Waals surface area contributed by atoms with E-state index >= 15 is 0 Å². The van der Waals surface area contributed by atoms with Gasteiger partial charge in [0.2, 0.25) is 11.8 Å². The van der Waals surface area contributed by atoms with Gasteiger partial charge in [-0.2, -0.15) is 0 Å². The van der Waals surface area contributed by atoms with Gasteiger partial charge in [0.15, 0.2) is 0 Å². The molecule has 0 aromatic heterocycles. The van der Waals surface area contributed by atoms with Gasteiger partial charge in [-0.05, 0) is 92.6 Å². The summed E-state index contributed by atoms with van der Waals surface area (Å²) in [6.07, 6.45) is 4.23. The number of rotatable bonds is 12. The Morgan fingerprint density at radius 3 is 2.04 bits per heavy atom. The van der Waals surface area contributed by atoms with Crippen LogP contribution in [0.15, 0.2) is 102 Å². The minimum Gasteiger partial charge on any atom is -0.352 e. The predicted molar refractivity (Wildman–Crippen MR) is 188 cm³/mol. The number of hydrogen-bond donors (Lipinski definition) is 1. The fraction of sp³-hybridized carbons (Fsp3) is 0.333. The van der Waals surface area contributed by atoms with E-state index in [-0.39, 0.29) is 23.4 Å². The fourth-order valence-electron chi connectivity index (χ4n) is 6.35. The molecule has 4 aromatic rings. The SMILES string of the molecule is Cc1ccc(S(=O)(=O)N(CC(=O)N(Cc2ccccc2C)[C@H](Cc2ccccc2)C(=O)NC2CCCC2)c2cc(C)cc(C)c2)cc1. The molecule has 1 fully saturated rings. The van der Waals surface area contributed by atoms with Crippen molar-refractivity contribution in [3.8, 4) is 0 Å². The lowest BCUT2D eigenvalue weighted by Gasteiger charge is -2.34. The van der Waals surface area contributed by atoms with Crippen molar-refractivity contribution in [1.82, 2.24) is 10.2 Å². The van der Waals surface area contributed by atoms with Crippen LogP contribution >= 0.6 is 0 Å². The van der Waals surface area contributed by atoms with Gasteiger partial charge in [-0.25, -0.2) is 8.42 Å². The predicted octanol–water partition coefficient (Wildman–Crippen LogP) is 6.81. The molecule has 47 heavy (non-hydrogen) atoms. The van der Waals surface area contributed by atoms with E-state index in [1.165, 1.54) is 4.31 Å². The molecule has 4 aromatic carbocycles. The molecule has 1 saturated carbocycles. The van der Waals surface area contributed by atoms with Crippen molar-refractivity contribution in [2.75, 3.05) is 10.8 Å². The third-order valence-corrected chi connectivity index (χ3v) is 10.7. The molecule has 8 heteroatoms. The summed E-state index contributed by atoms with van der Waals surface area (Å²) in [7, 11) is -4.15. The molecule has 7 nitrogen and oxygen atoms in total. The standard InChI is InChI=1S/C39H45N3O4S/c1-28-18-20-36(21-19-28)47(45,46)42(35-23-29(2)22-30(3)24-35)27-38(43)41(26-33-15-9-8-12-31(33)4)37(25-32-13-6-5-7-14-32)39(44)40-34-16-10-11-17-34/h5-9,12-15,18-24,34,37H,10-11,16-17,25-27H2,1-4H3,(H,40,44)/t37-/m1/s1. The lowest BCUT2D eigenvalue weighted by atomic mass is 10.0. The average Bonchev–Trinajstić information content (AvgIpc) is 3.55. The summed E-state index contributed by atoms with van der Waals surface area (Å²) in [5.41, 5.74) is 5.89. The van der Waals surface area contributed by atoms with Crippen molar-refractivity contribution in [1.29, 1.82) is 0 Å². The first kappa shape index (κ1) is 33.9. The number of hydrogen-bond acceptors (Lipinski definition) is 4. The van der Waals surface area contributed by atoms with E-state index in [1.807, 2.05) is 88.4 Å². The van der Waals surface area contributed by atoms with E-state index in [9.17, 15) is 18.0 Å². The quantitative estimate of drug-likeness (QED) is 0.182. The van der Waals surface area contributed by atoms with E-state index in [0.29, 0.717) is 12.1 Å². The van der Waals surface area contributed by atoms with Gasteiger partial charge in [0.1, 0.15) is 12.6 Å². The Bertz CT molecular complexity index is 1780. The molecule has 0 radical (unpaired) electrons. The molecule has 1 aliphatic rings. The third-order valence-electron chi connectivity index (χ3n) is 8.96. The van der Waals surface area contributed by atoms with Crippen molar-refractivity contribution in [2.24, 2.45) is 0 Å². The highest BCUT2D eigenvalue weighted by molar-refractivity contribution is 7.92. The molecule has 0 bridgehead atoms. The Balaban J connectivity index is 1.59. The topological polar surface area (TPSA) is 86.8 Å². The number of amides is 2. The normalized spacial score (nSPS) is 14.0. The van der Waals surface area contributed by atoms with E-state index < -0.39 is 28.5 Å². The number of sulfonamides is 1. The smallest absolute Gasteiger partial charge is 0.264 e. The van der Waals surface area contributed by atoms with E-state index in [1.54, 1.807) is 41.3 Å². The lowest BCUT2D eigenvalue weighted by Crippen LogP contribution is -2.54. The zero-order valence-corrected chi connectivity index (χ0v) is 28.6. The molecule has 0 unspecified atom stereocenters. The van der Waals surface area contributed by atoms with Crippen LogP contribution in [0.3, 0.4) is 0 Å². The number of nitrogens with zero attached hydrogens (tertiary/aromatic N) is 2. The van der Waals surface area contributed by atoms with Crippen molar-refractivity contribution in [3.63, 3.8) is 0 Å². The summed E-state index contributed by atoms with van der Waals surface area (Å²) in [6.45, 7) is 7.38. The van der Waals surface area contributed by atoms with Crippen molar-refractivity contribution in [2.45, 2.75) is 83.3 Å². The number of aryl methyl sites for hydroxylation is 4. The minimum atomic E-state index is -4.15. The number of carbonyl (C=O) groups excluding carboxylic acids is 2. The van der Waals surface area contributed by atoms with Crippen molar-refractivity contribution >= 4 is 27.5 Å². The van der Waals surface area contributed by atoms with Gasteiger partial charge in [0, 0.05) is 19.0 Å². The maximum Gasteiger partial charge on any atom is 0.264 e. The molecule has 0 saturated heterocycles. The van der Waals surface area contributed by atoms with Gasteiger partial charge < -0.3 is 10.2 Å².